The summed E-state index contributed by atoms with van der Waals surface area (Å²) in [6.07, 6.45) is 1.38. The number of aromatic nitrogens is 2. The van der Waals surface area contributed by atoms with Crippen molar-refractivity contribution in [2.45, 2.75) is 59.0 Å². The number of hydrogen-bond acceptors (Lipinski definition) is 5. The number of hydrogen-bond donors (Lipinski definition) is 1. The van der Waals surface area contributed by atoms with E-state index >= 15 is 0 Å². The molecule has 1 aliphatic heterocycles. The van der Waals surface area contributed by atoms with Gasteiger partial charge in [-0.05, 0) is 27.7 Å². The molecule has 1 aromatic heterocycles. The van der Waals surface area contributed by atoms with Crippen LogP contribution in [0, 0.1) is 0 Å². The summed E-state index contributed by atoms with van der Waals surface area (Å²) < 4.78 is 5.11. The van der Waals surface area contributed by atoms with Gasteiger partial charge in [0.15, 0.2) is 11.8 Å². The van der Waals surface area contributed by atoms with Gasteiger partial charge in [-0.1, -0.05) is 12.1 Å². The van der Waals surface area contributed by atoms with Gasteiger partial charge < -0.3 is 19.6 Å². The molecule has 0 aromatic carbocycles. The molecule has 25 heavy (non-hydrogen) atoms. The number of carbonyl (C=O) groups excluding carboxylic acids is 1. The third-order valence-electron chi connectivity index (χ3n) is 4.30. The molecule has 0 radical (unpaired) electrons. The Morgan fingerprint density at radius 2 is 2.16 bits per heavy atom. The van der Waals surface area contributed by atoms with E-state index in [0.717, 1.165) is 18.9 Å². The van der Waals surface area contributed by atoms with Crippen molar-refractivity contribution in [1.29, 1.82) is 0 Å². The van der Waals surface area contributed by atoms with E-state index in [-0.39, 0.29) is 17.5 Å². The Kier molecular flexibility index (Phi) is 6.02. The van der Waals surface area contributed by atoms with Crippen molar-refractivity contribution in [3.63, 3.8) is 0 Å². The predicted octanol–water partition coefficient (Wildman–Crippen LogP) is 1.08. The molecule has 0 bridgehead atoms. The van der Waals surface area contributed by atoms with E-state index in [1.165, 1.54) is 0 Å². The fourth-order valence-electron chi connectivity index (χ4n) is 3.47. The lowest BCUT2D eigenvalue weighted by Crippen LogP contribution is -2.66. The first-order valence-electron chi connectivity index (χ1n) is 8.87. The van der Waals surface area contributed by atoms with E-state index in [4.69, 9.17) is 4.52 Å². The highest BCUT2D eigenvalue weighted by atomic mass is 16.5. The summed E-state index contributed by atoms with van der Waals surface area (Å²) >= 11 is 0. The highest BCUT2D eigenvalue weighted by Gasteiger charge is 2.40. The number of nitrogens with one attached hydrogen (secondary N) is 1. The minimum absolute atomic E-state index is 0.125. The van der Waals surface area contributed by atoms with E-state index in [2.05, 4.69) is 48.1 Å². The first-order valence-corrected chi connectivity index (χ1v) is 8.87. The van der Waals surface area contributed by atoms with Gasteiger partial charge in [0.25, 0.3) is 0 Å². The van der Waals surface area contributed by atoms with Crippen LogP contribution in [0.4, 0.5) is 0 Å². The average molecular weight is 350 g/mol. The maximum absolute atomic E-state index is 12.6. The predicted molar refractivity (Wildman–Crippen MR) is 96.4 cm³/mol. The van der Waals surface area contributed by atoms with E-state index < -0.39 is 0 Å². The molecular formula is C17H30N6O2. The molecule has 0 saturated carbocycles. The van der Waals surface area contributed by atoms with Gasteiger partial charge in [-0.25, -0.2) is 0 Å². The normalized spacial score (nSPS) is 18.2. The van der Waals surface area contributed by atoms with Crippen molar-refractivity contribution in [3.05, 3.63) is 11.7 Å². The molecule has 1 fully saturated rings. The molecular weight excluding hydrogens is 320 g/mol. The minimum atomic E-state index is -0.245. The Hall–Kier alpha value is -2.12. The Morgan fingerprint density at radius 1 is 1.44 bits per heavy atom. The summed E-state index contributed by atoms with van der Waals surface area (Å²) in [6.45, 7) is 12.0. The summed E-state index contributed by atoms with van der Waals surface area (Å²) in [5.41, 5.74) is -0.245. The lowest BCUT2D eigenvalue weighted by molar-refractivity contribution is -0.145. The Labute approximate surface area is 149 Å². The molecule has 0 spiro atoms. The van der Waals surface area contributed by atoms with Crippen LogP contribution in [0.3, 0.4) is 0 Å². The van der Waals surface area contributed by atoms with Gasteiger partial charge in [-0.2, -0.15) is 4.98 Å². The minimum Gasteiger partial charge on any atom is -0.356 e. The fourth-order valence-corrected chi connectivity index (χ4v) is 3.47. The highest BCUT2D eigenvalue weighted by Crippen LogP contribution is 2.24. The van der Waals surface area contributed by atoms with Gasteiger partial charge in [0.1, 0.15) is 0 Å². The van der Waals surface area contributed by atoms with Gasteiger partial charge in [0.05, 0.1) is 12.1 Å². The van der Waals surface area contributed by atoms with Crippen LogP contribution in [0.25, 0.3) is 0 Å². The number of guanidine groups is 1. The average Bonchev–Trinajstić information content (AvgIpc) is 2.97. The van der Waals surface area contributed by atoms with Crippen LogP contribution >= 0.6 is 0 Å². The summed E-state index contributed by atoms with van der Waals surface area (Å²) in [7, 11) is 1.73. The summed E-state index contributed by atoms with van der Waals surface area (Å²) in [4.78, 5) is 25.2. The maximum Gasteiger partial charge on any atom is 0.242 e. The molecule has 2 heterocycles. The van der Waals surface area contributed by atoms with E-state index in [0.29, 0.717) is 31.2 Å². The van der Waals surface area contributed by atoms with Crippen LogP contribution in [0.5, 0.6) is 0 Å². The SMILES string of the molecule is CCc1nc(CCNC(=NC)N2CC(=O)N(C(C)C)C(C)(C)C2)no1. The fraction of sp³-hybridized carbons (Fsp3) is 0.765. The molecule has 1 aromatic rings. The zero-order chi connectivity index (χ0) is 18.6. The Morgan fingerprint density at radius 3 is 2.68 bits per heavy atom. The van der Waals surface area contributed by atoms with E-state index in [1.54, 1.807) is 7.05 Å². The quantitative estimate of drug-likeness (QED) is 0.632. The summed E-state index contributed by atoms with van der Waals surface area (Å²) in [6, 6.07) is 0.186. The molecule has 140 valence electrons. The molecule has 0 atom stereocenters. The number of aliphatic imine (C=N–C) groups is 1. The van der Waals surface area contributed by atoms with Gasteiger partial charge in [-0.3, -0.25) is 9.79 Å². The number of carbonyl (C=O) groups is 1. The number of rotatable bonds is 5. The van der Waals surface area contributed by atoms with E-state index in [9.17, 15) is 4.79 Å². The summed E-state index contributed by atoms with van der Waals surface area (Å²) in [5, 5.41) is 7.25. The molecule has 2 rings (SSSR count). The standard InChI is InChI=1S/C17H30N6O2/c1-7-14-20-13(21-25-14)8-9-19-16(18-6)22-10-15(24)23(12(2)3)17(4,5)11-22/h12H,7-11H2,1-6H3,(H,18,19). The molecule has 1 aliphatic rings. The van der Waals surface area contributed by atoms with Crippen molar-refractivity contribution in [1.82, 2.24) is 25.3 Å². The maximum atomic E-state index is 12.6. The molecule has 1 N–H and O–H groups in total. The number of nitrogens with zero attached hydrogens (tertiary/aromatic N) is 5. The molecule has 8 heteroatoms. The molecule has 1 amide bonds. The second-order valence-electron chi connectivity index (χ2n) is 7.21. The molecule has 0 unspecified atom stereocenters. The van der Waals surface area contributed by atoms with Crippen LogP contribution in [0.2, 0.25) is 0 Å². The van der Waals surface area contributed by atoms with Gasteiger partial charge >= 0.3 is 0 Å². The molecule has 1 saturated heterocycles. The molecule has 8 nitrogen and oxygen atoms in total. The first-order chi connectivity index (χ1) is 11.8. The van der Waals surface area contributed by atoms with Gasteiger partial charge in [-0.15, -0.1) is 0 Å². The lowest BCUT2D eigenvalue weighted by atomic mass is 9.96. The van der Waals surface area contributed by atoms with Gasteiger partial charge in [0, 0.05) is 39.0 Å². The van der Waals surface area contributed by atoms with E-state index in [1.807, 2.05) is 16.7 Å². The van der Waals surface area contributed by atoms with Crippen molar-refractivity contribution in [2.24, 2.45) is 4.99 Å². The number of aryl methyl sites for hydroxylation is 1. The van der Waals surface area contributed by atoms with Crippen molar-refractivity contribution in [2.75, 3.05) is 26.7 Å². The number of piperazine rings is 1. The van der Waals surface area contributed by atoms with Crippen LogP contribution < -0.4 is 5.32 Å². The van der Waals surface area contributed by atoms with Crippen LogP contribution in [0.1, 0.15) is 46.3 Å². The molecule has 0 aliphatic carbocycles. The smallest absolute Gasteiger partial charge is 0.242 e. The number of amides is 1. The topological polar surface area (TPSA) is 86.9 Å². The third-order valence-corrected chi connectivity index (χ3v) is 4.30. The van der Waals surface area contributed by atoms with Gasteiger partial charge in [0.2, 0.25) is 11.8 Å². The summed E-state index contributed by atoms with van der Waals surface area (Å²) in [5.74, 6) is 2.18. The second-order valence-corrected chi connectivity index (χ2v) is 7.21. The third kappa shape index (κ3) is 4.49. The van der Waals surface area contributed by atoms with Crippen molar-refractivity contribution >= 4 is 11.9 Å². The van der Waals surface area contributed by atoms with Crippen LogP contribution in [-0.4, -0.2) is 70.1 Å². The first kappa shape index (κ1) is 19.2. The van der Waals surface area contributed by atoms with Crippen LogP contribution in [0.15, 0.2) is 9.52 Å². The van der Waals surface area contributed by atoms with Crippen molar-refractivity contribution < 1.29 is 9.32 Å². The highest BCUT2D eigenvalue weighted by molar-refractivity contribution is 5.88. The lowest BCUT2D eigenvalue weighted by Gasteiger charge is -2.49. The van der Waals surface area contributed by atoms with Crippen LogP contribution in [-0.2, 0) is 17.6 Å². The zero-order valence-corrected chi connectivity index (χ0v) is 16.2. The zero-order valence-electron chi connectivity index (χ0n) is 16.2. The second kappa shape index (κ2) is 7.84. The Bertz CT molecular complexity index is 622. The largest absolute Gasteiger partial charge is 0.356 e. The van der Waals surface area contributed by atoms with Crippen molar-refractivity contribution in [3.8, 4) is 0 Å². The monoisotopic (exact) mass is 350 g/mol. The Balaban J connectivity index is 1.95.